The average molecular weight is 307 g/mol. The van der Waals surface area contributed by atoms with Crippen LogP contribution in [0.2, 0.25) is 0 Å². The Hall–Kier alpha value is -1.66. The SMILES string of the molecule is COc1ncccc1C(=O)NC[C@H](C(C)C)N1CCOCC1. The smallest absolute Gasteiger partial charge is 0.256 e. The van der Waals surface area contributed by atoms with Crippen molar-refractivity contribution in [3.8, 4) is 5.88 Å². The molecule has 0 radical (unpaired) electrons. The summed E-state index contributed by atoms with van der Waals surface area (Å²) in [5.74, 6) is 0.658. The summed E-state index contributed by atoms with van der Waals surface area (Å²) in [4.78, 5) is 18.8. The van der Waals surface area contributed by atoms with Gasteiger partial charge in [0, 0.05) is 31.9 Å². The molecule has 0 saturated carbocycles. The average Bonchev–Trinajstić information content (AvgIpc) is 2.55. The number of carbonyl (C=O) groups excluding carboxylic acids is 1. The second kappa shape index (κ2) is 8.10. The van der Waals surface area contributed by atoms with E-state index in [4.69, 9.17) is 9.47 Å². The normalized spacial score (nSPS) is 17.3. The van der Waals surface area contributed by atoms with Gasteiger partial charge in [-0.1, -0.05) is 13.8 Å². The summed E-state index contributed by atoms with van der Waals surface area (Å²) in [5.41, 5.74) is 0.467. The van der Waals surface area contributed by atoms with Crippen molar-refractivity contribution in [2.75, 3.05) is 40.0 Å². The van der Waals surface area contributed by atoms with Crippen LogP contribution in [0.1, 0.15) is 24.2 Å². The number of pyridine rings is 1. The molecule has 1 aromatic heterocycles. The van der Waals surface area contributed by atoms with Crippen LogP contribution in [0.3, 0.4) is 0 Å². The number of hydrogen-bond donors (Lipinski definition) is 1. The molecule has 0 bridgehead atoms. The standard InChI is InChI=1S/C16H25N3O3/c1-12(2)14(19-7-9-22-10-8-19)11-18-15(20)13-5-4-6-17-16(13)21-3/h4-6,12,14H,7-11H2,1-3H3,(H,18,20)/t14-/m1/s1. The van der Waals surface area contributed by atoms with Gasteiger partial charge in [-0.15, -0.1) is 0 Å². The van der Waals surface area contributed by atoms with Crippen molar-refractivity contribution in [2.45, 2.75) is 19.9 Å². The number of aromatic nitrogens is 1. The van der Waals surface area contributed by atoms with Crippen molar-refractivity contribution in [2.24, 2.45) is 5.92 Å². The van der Waals surface area contributed by atoms with Crippen LogP contribution < -0.4 is 10.1 Å². The summed E-state index contributed by atoms with van der Waals surface area (Å²) >= 11 is 0. The van der Waals surface area contributed by atoms with Gasteiger partial charge in [0.15, 0.2) is 0 Å². The predicted octanol–water partition coefficient (Wildman–Crippen LogP) is 1.18. The van der Waals surface area contributed by atoms with Gasteiger partial charge < -0.3 is 14.8 Å². The molecule has 1 amide bonds. The minimum absolute atomic E-state index is 0.149. The molecule has 22 heavy (non-hydrogen) atoms. The van der Waals surface area contributed by atoms with E-state index in [0.29, 0.717) is 29.9 Å². The van der Waals surface area contributed by atoms with Gasteiger partial charge in [-0.3, -0.25) is 9.69 Å². The zero-order valence-corrected chi connectivity index (χ0v) is 13.5. The summed E-state index contributed by atoms with van der Waals surface area (Å²) in [5, 5.41) is 3.01. The minimum Gasteiger partial charge on any atom is -0.480 e. The molecule has 6 nitrogen and oxygen atoms in total. The molecule has 0 spiro atoms. The zero-order chi connectivity index (χ0) is 15.9. The van der Waals surface area contributed by atoms with Gasteiger partial charge in [-0.2, -0.15) is 0 Å². The first-order chi connectivity index (χ1) is 10.6. The van der Waals surface area contributed by atoms with Crippen LogP contribution in [-0.2, 0) is 4.74 Å². The molecule has 1 saturated heterocycles. The van der Waals surface area contributed by atoms with E-state index >= 15 is 0 Å². The second-order valence-electron chi connectivity index (χ2n) is 5.73. The number of amides is 1. The van der Waals surface area contributed by atoms with Crippen molar-refractivity contribution in [3.63, 3.8) is 0 Å². The van der Waals surface area contributed by atoms with E-state index in [0.717, 1.165) is 26.3 Å². The molecule has 0 aliphatic carbocycles. The first-order valence-electron chi connectivity index (χ1n) is 7.72. The lowest BCUT2D eigenvalue weighted by molar-refractivity contribution is 0.00672. The van der Waals surface area contributed by atoms with E-state index in [2.05, 4.69) is 29.0 Å². The fraction of sp³-hybridized carbons (Fsp3) is 0.625. The van der Waals surface area contributed by atoms with Gasteiger partial charge in [0.1, 0.15) is 5.56 Å². The van der Waals surface area contributed by atoms with E-state index in [1.165, 1.54) is 7.11 Å². The zero-order valence-electron chi connectivity index (χ0n) is 13.5. The number of nitrogens with one attached hydrogen (secondary N) is 1. The highest BCUT2D eigenvalue weighted by atomic mass is 16.5. The molecule has 2 heterocycles. The molecule has 1 N–H and O–H groups in total. The number of carbonyl (C=O) groups is 1. The molecule has 1 aromatic rings. The molecule has 1 aliphatic heterocycles. The maximum Gasteiger partial charge on any atom is 0.256 e. The van der Waals surface area contributed by atoms with E-state index in [1.54, 1.807) is 18.3 Å². The first kappa shape index (κ1) is 16.7. The predicted molar refractivity (Wildman–Crippen MR) is 84.1 cm³/mol. The summed E-state index contributed by atoms with van der Waals surface area (Å²) in [6.45, 7) is 8.30. The largest absolute Gasteiger partial charge is 0.480 e. The first-order valence-corrected chi connectivity index (χ1v) is 7.72. The Kier molecular flexibility index (Phi) is 6.15. The number of morpholine rings is 1. The number of methoxy groups -OCH3 is 1. The number of hydrogen-bond acceptors (Lipinski definition) is 5. The molecular formula is C16H25N3O3. The fourth-order valence-electron chi connectivity index (χ4n) is 2.71. The monoisotopic (exact) mass is 307 g/mol. The summed E-state index contributed by atoms with van der Waals surface area (Å²) < 4.78 is 10.5. The van der Waals surface area contributed by atoms with Gasteiger partial charge in [-0.05, 0) is 18.1 Å². The van der Waals surface area contributed by atoms with Crippen molar-refractivity contribution in [3.05, 3.63) is 23.9 Å². The van der Waals surface area contributed by atoms with Crippen molar-refractivity contribution >= 4 is 5.91 Å². The molecule has 1 fully saturated rings. The third-order valence-corrected chi connectivity index (χ3v) is 3.97. The Morgan fingerprint density at radius 3 is 2.82 bits per heavy atom. The third-order valence-electron chi connectivity index (χ3n) is 3.97. The van der Waals surface area contributed by atoms with Gasteiger partial charge in [-0.25, -0.2) is 4.98 Å². The Labute approximate surface area is 131 Å². The third kappa shape index (κ3) is 4.18. The van der Waals surface area contributed by atoms with Gasteiger partial charge in [0.25, 0.3) is 5.91 Å². The van der Waals surface area contributed by atoms with Crippen LogP contribution in [0.4, 0.5) is 0 Å². The fourth-order valence-corrected chi connectivity index (χ4v) is 2.71. The van der Waals surface area contributed by atoms with Gasteiger partial charge in [0.05, 0.1) is 20.3 Å². The second-order valence-corrected chi connectivity index (χ2v) is 5.73. The number of rotatable bonds is 6. The lowest BCUT2D eigenvalue weighted by atomic mass is 10.0. The molecule has 6 heteroatoms. The maximum absolute atomic E-state index is 12.4. The maximum atomic E-state index is 12.4. The molecule has 2 rings (SSSR count). The van der Waals surface area contributed by atoms with Crippen LogP contribution >= 0.6 is 0 Å². The van der Waals surface area contributed by atoms with Crippen LogP contribution in [0.5, 0.6) is 5.88 Å². The molecule has 0 aromatic carbocycles. The van der Waals surface area contributed by atoms with Crippen molar-refractivity contribution in [1.29, 1.82) is 0 Å². The van der Waals surface area contributed by atoms with E-state index in [9.17, 15) is 4.79 Å². The van der Waals surface area contributed by atoms with Crippen LogP contribution in [-0.4, -0.2) is 61.8 Å². The highest BCUT2D eigenvalue weighted by molar-refractivity contribution is 5.96. The van der Waals surface area contributed by atoms with Crippen molar-refractivity contribution < 1.29 is 14.3 Å². The topological polar surface area (TPSA) is 63.7 Å². The van der Waals surface area contributed by atoms with E-state index in [-0.39, 0.29) is 5.91 Å². The van der Waals surface area contributed by atoms with E-state index < -0.39 is 0 Å². The lowest BCUT2D eigenvalue weighted by Gasteiger charge is -2.36. The highest BCUT2D eigenvalue weighted by Gasteiger charge is 2.24. The van der Waals surface area contributed by atoms with E-state index in [1.807, 2.05) is 0 Å². The molecule has 0 unspecified atom stereocenters. The summed E-state index contributed by atoms with van der Waals surface area (Å²) in [7, 11) is 1.52. The molecule has 122 valence electrons. The molecule has 1 atom stereocenters. The quantitative estimate of drug-likeness (QED) is 0.855. The summed E-state index contributed by atoms with van der Waals surface area (Å²) in [6, 6.07) is 3.76. The number of nitrogens with zero attached hydrogens (tertiary/aromatic N) is 2. The van der Waals surface area contributed by atoms with Crippen LogP contribution in [0.25, 0.3) is 0 Å². The van der Waals surface area contributed by atoms with Crippen LogP contribution in [0, 0.1) is 5.92 Å². The number of ether oxygens (including phenoxy) is 2. The molecular weight excluding hydrogens is 282 g/mol. The minimum atomic E-state index is -0.149. The Morgan fingerprint density at radius 2 is 2.18 bits per heavy atom. The molecule has 1 aliphatic rings. The van der Waals surface area contributed by atoms with Gasteiger partial charge in [0.2, 0.25) is 5.88 Å². The highest BCUT2D eigenvalue weighted by Crippen LogP contribution is 2.15. The summed E-state index contributed by atoms with van der Waals surface area (Å²) in [6.07, 6.45) is 1.61. The van der Waals surface area contributed by atoms with Crippen molar-refractivity contribution in [1.82, 2.24) is 15.2 Å². The Morgan fingerprint density at radius 1 is 1.45 bits per heavy atom. The Bertz CT molecular complexity index is 487. The van der Waals surface area contributed by atoms with Gasteiger partial charge >= 0.3 is 0 Å². The van der Waals surface area contributed by atoms with Crippen LogP contribution in [0.15, 0.2) is 18.3 Å². The Balaban J connectivity index is 1.98. The lowest BCUT2D eigenvalue weighted by Crippen LogP contribution is -2.51.